The van der Waals surface area contributed by atoms with E-state index in [0.29, 0.717) is 41.0 Å². The van der Waals surface area contributed by atoms with Gasteiger partial charge in [0.25, 0.3) is 0 Å². The van der Waals surface area contributed by atoms with Gasteiger partial charge in [-0.3, -0.25) is 9.59 Å². The van der Waals surface area contributed by atoms with Gasteiger partial charge in [-0.1, -0.05) is 42.5 Å². The summed E-state index contributed by atoms with van der Waals surface area (Å²) < 4.78 is 52.5. The molecule has 1 aliphatic heterocycles. The zero-order valence-corrected chi connectivity index (χ0v) is 18.4. The van der Waals surface area contributed by atoms with Gasteiger partial charge >= 0.3 is 6.18 Å². The van der Waals surface area contributed by atoms with Crippen molar-refractivity contribution in [1.29, 1.82) is 0 Å². The van der Waals surface area contributed by atoms with Crippen molar-refractivity contribution in [3.63, 3.8) is 0 Å². The summed E-state index contributed by atoms with van der Waals surface area (Å²) in [6.07, 6.45) is -3.39. The molecule has 1 saturated carbocycles. The SMILES string of the molecule is CC(=O)c1ccc(-c2ccc(CC(=O)C3(c4ccc5c(c4)OCO5)CC3)cc2C(F)(F)F)cc1.[HH]. The second-order valence-electron chi connectivity index (χ2n) is 8.76. The average molecular weight is 468 g/mol. The first-order chi connectivity index (χ1) is 16.2. The number of ether oxygens (including phenoxy) is 2. The molecular weight excluding hydrogens is 445 g/mol. The van der Waals surface area contributed by atoms with Crippen molar-refractivity contribution in [1.82, 2.24) is 0 Å². The van der Waals surface area contributed by atoms with Crippen molar-refractivity contribution in [2.45, 2.75) is 37.8 Å². The predicted octanol–water partition coefficient (Wildman–Crippen LogP) is 6.39. The van der Waals surface area contributed by atoms with Gasteiger partial charge in [0, 0.05) is 13.4 Å². The van der Waals surface area contributed by atoms with E-state index in [9.17, 15) is 22.8 Å². The van der Waals surface area contributed by atoms with Crippen LogP contribution in [0.25, 0.3) is 11.1 Å². The van der Waals surface area contributed by atoms with E-state index in [1.807, 2.05) is 6.07 Å². The van der Waals surface area contributed by atoms with Gasteiger partial charge in [0.15, 0.2) is 17.3 Å². The molecule has 0 atom stereocenters. The molecule has 0 saturated heterocycles. The maximum absolute atomic E-state index is 13.9. The van der Waals surface area contributed by atoms with Crippen LogP contribution in [-0.2, 0) is 22.8 Å². The second kappa shape index (κ2) is 8.01. The number of halogens is 3. The van der Waals surface area contributed by atoms with Crippen molar-refractivity contribution < 1.29 is 33.7 Å². The topological polar surface area (TPSA) is 52.6 Å². The number of fused-ring (bicyclic) bond motifs is 1. The highest BCUT2D eigenvalue weighted by Gasteiger charge is 2.51. The Morgan fingerprint density at radius 2 is 1.65 bits per heavy atom. The number of hydrogen-bond acceptors (Lipinski definition) is 4. The smallest absolute Gasteiger partial charge is 0.417 e. The summed E-state index contributed by atoms with van der Waals surface area (Å²) in [5.41, 5.74) is 0.415. The first kappa shape index (κ1) is 22.2. The Morgan fingerprint density at radius 3 is 2.29 bits per heavy atom. The van der Waals surface area contributed by atoms with Crippen LogP contribution in [0.2, 0.25) is 0 Å². The Balaban J connectivity index is 0.00000289. The maximum Gasteiger partial charge on any atom is 0.417 e. The predicted molar refractivity (Wildman–Crippen MR) is 121 cm³/mol. The summed E-state index contributed by atoms with van der Waals surface area (Å²) in [5.74, 6) is 0.927. The molecule has 5 rings (SSSR count). The normalized spacial score (nSPS) is 15.8. The molecule has 7 heteroatoms. The minimum atomic E-state index is -4.60. The molecule has 4 nitrogen and oxygen atoms in total. The largest absolute Gasteiger partial charge is 0.454 e. The van der Waals surface area contributed by atoms with E-state index in [4.69, 9.17) is 9.47 Å². The highest BCUT2D eigenvalue weighted by atomic mass is 19.4. The lowest BCUT2D eigenvalue weighted by Crippen LogP contribution is -2.22. The van der Waals surface area contributed by atoms with E-state index in [0.717, 1.165) is 11.6 Å². The van der Waals surface area contributed by atoms with Gasteiger partial charge in [0.1, 0.15) is 5.78 Å². The van der Waals surface area contributed by atoms with Crippen LogP contribution in [0.1, 0.15) is 48.2 Å². The quantitative estimate of drug-likeness (QED) is 0.393. The minimum absolute atomic E-state index is 0. The lowest BCUT2D eigenvalue weighted by atomic mass is 9.86. The fourth-order valence-corrected chi connectivity index (χ4v) is 4.47. The molecule has 1 aliphatic carbocycles. The van der Waals surface area contributed by atoms with Crippen molar-refractivity contribution in [2.75, 3.05) is 6.79 Å². The first-order valence-corrected chi connectivity index (χ1v) is 10.9. The van der Waals surface area contributed by atoms with Gasteiger partial charge in [-0.05, 0) is 60.2 Å². The molecule has 3 aromatic rings. The van der Waals surface area contributed by atoms with E-state index < -0.39 is 17.2 Å². The molecule has 0 bridgehead atoms. The monoisotopic (exact) mass is 468 g/mol. The van der Waals surface area contributed by atoms with Crippen molar-refractivity contribution in [3.8, 4) is 22.6 Å². The van der Waals surface area contributed by atoms with Crippen LogP contribution < -0.4 is 9.47 Å². The molecule has 0 amide bonds. The number of Topliss-reactive ketones (excluding diaryl/α,β-unsaturated/α-hetero) is 2. The molecule has 2 aliphatic rings. The van der Waals surface area contributed by atoms with Crippen LogP contribution in [-0.4, -0.2) is 18.4 Å². The van der Waals surface area contributed by atoms with Gasteiger partial charge in [-0.25, -0.2) is 0 Å². The highest BCUT2D eigenvalue weighted by Crippen LogP contribution is 2.51. The zero-order chi connectivity index (χ0) is 24.1. The van der Waals surface area contributed by atoms with E-state index in [1.54, 1.807) is 18.2 Å². The molecule has 176 valence electrons. The van der Waals surface area contributed by atoms with Gasteiger partial charge in [0.2, 0.25) is 6.79 Å². The molecule has 34 heavy (non-hydrogen) atoms. The lowest BCUT2D eigenvalue weighted by Gasteiger charge is -2.18. The van der Waals surface area contributed by atoms with Gasteiger partial charge in [-0.2, -0.15) is 13.2 Å². The molecular formula is C27H23F3O4. The van der Waals surface area contributed by atoms with Crippen LogP contribution in [0, 0.1) is 0 Å². The third-order valence-electron chi connectivity index (χ3n) is 6.57. The summed E-state index contributed by atoms with van der Waals surface area (Å²) in [6.45, 7) is 1.53. The molecule has 0 aromatic heterocycles. The Bertz CT molecular complexity index is 1290. The summed E-state index contributed by atoms with van der Waals surface area (Å²) in [4.78, 5) is 24.7. The maximum atomic E-state index is 13.9. The third kappa shape index (κ3) is 3.95. The Hall–Kier alpha value is -3.61. The summed E-state index contributed by atoms with van der Waals surface area (Å²) >= 11 is 0. The lowest BCUT2D eigenvalue weighted by molar-refractivity contribution is -0.137. The van der Waals surface area contributed by atoms with E-state index in [1.165, 1.54) is 37.3 Å². The van der Waals surface area contributed by atoms with Crippen LogP contribution in [0.15, 0.2) is 60.7 Å². The van der Waals surface area contributed by atoms with E-state index in [2.05, 4.69) is 0 Å². The number of ketones is 2. The summed E-state index contributed by atoms with van der Waals surface area (Å²) in [6, 6.07) is 15.4. The van der Waals surface area contributed by atoms with Gasteiger partial charge in [0.05, 0.1) is 11.0 Å². The fraction of sp³-hybridized carbons (Fsp3) is 0.259. The van der Waals surface area contributed by atoms with Crippen molar-refractivity contribution in [2.24, 2.45) is 0 Å². The molecule has 1 fully saturated rings. The van der Waals surface area contributed by atoms with Gasteiger partial charge < -0.3 is 9.47 Å². The molecule has 0 radical (unpaired) electrons. The first-order valence-electron chi connectivity index (χ1n) is 10.9. The minimum Gasteiger partial charge on any atom is -0.454 e. The number of alkyl halides is 3. The standard InChI is InChI=1S/C27H21F3O4.H2/c1-16(31)18-3-5-19(6-4-18)21-8-2-17(12-22(21)27(28,29)30)13-25(32)26(10-11-26)20-7-9-23-24(14-20)34-15-33-23;/h2-9,12,14H,10-11,13,15H2,1H3;1H. The molecule has 3 aromatic carbocycles. The summed E-state index contributed by atoms with van der Waals surface area (Å²) in [5, 5.41) is 0. The van der Waals surface area contributed by atoms with Gasteiger partial charge in [-0.15, -0.1) is 0 Å². The molecule has 0 unspecified atom stereocenters. The fourth-order valence-electron chi connectivity index (χ4n) is 4.47. The third-order valence-corrected chi connectivity index (χ3v) is 6.57. The number of benzene rings is 3. The zero-order valence-electron chi connectivity index (χ0n) is 18.4. The number of rotatable bonds is 6. The highest BCUT2D eigenvalue weighted by molar-refractivity contribution is 5.95. The van der Waals surface area contributed by atoms with Crippen LogP contribution in [0.5, 0.6) is 11.5 Å². The molecule has 0 N–H and O–H groups in total. The Morgan fingerprint density at radius 1 is 0.941 bits per heavy atom. The average Bonchev–Trinajstić information content (AvgIpc) is 3.49. The number of hydrogen-bond donors (Lipinski definition) is 0. The van der Waals surface area contributed by atoms with E-state index in [-0.39, 0.29) is 31.8 Å². The number of carbonyl (C=O) groups excluding carboxylic acids is 2. The van der Waals surface area contributed by atoms with Crippen LogP contribution in [0.4, 0.5) is 13.2 Å². The van der Waals surface area contributed by atoms with Crippen molar-refractivity contribution in [3.05, 3.63) is 82.9 Å². The van der Waals surface area contributed by atoms with E-state index >= 15 is 0 Å². The Kier molecular flexibility index (Phi) is 5.23. The van der Waals surface area contributed by atoms with Crippen LogP contribution in [0.3, 0.4) is 0 Å². The number of carbonyl (C=O) groups is 2. The van der Waals surface area contributed by atoms with Crippen LogP contribution >= 0.6 is 0 Å². The second-order valence-corrected chi connectivity index (χ2v) is 8.76. The van der Waals surface area contributed by atoms with Crippen molar-refractivity contribution >= 4 is 11.6 Å². The molecule has 0 spiro atoms. The Labute approximate surface area is 195 Å². The summed E-state index contributed by atoms with van der Waals surface area (Å²) in [7, 11) is 0. The molecule has 1 heterocycles.